The van der Waals surface area contributed by atoms with E-state index in [9.17, 15) is 0 Å². The van der Waals surface area contributed by atoms with Crippen LogP contribution in [0.1, 0.15) is 50.6 Å². The van der Waals surface area contributed by atoms with Gasteiger partial charge in [-0.05, 0) is 42.4 Å². The average molecular weight is 297 g/mol. The van der Waals surface area contributed by atoms with Crippen molar-refractivity contribution in [1.82, 2.24) is 5.43 Å². The van der Waals surface area contributed by atoms with Gasteiger partial charge in [-0.1, -0.05) is 43.9 Å². The fourth-order valence-corrected chi connectivity index (χ4v) is 3.58. The van der Waals surface area contributed by atoms with Crippen LogP contribution < -0.4 is 16.0 Å². The second-order valence-corrected chi connectivity index (χ2v) is 6.15. The third-order valence-electron chi connectivity index (χ3n) is 4.59. The molecule has 3 unspecified atom stereocenters. The monoisotopic (exact) mass is 296 g/mol. The summed E-state index contributed by atoms with van der Waals surface area (Å²) in [6, 6.07) is 6.11. The number of methoxy groups -OCH3 is 1. The lowest BCUT2D eigenvalue weighted by Gasteiger charge is -2.34. The number of hydrogen-bond donors (Lipinski definition) is 2. The minimum Gasteiger partial charge on any atom is -0.495 e. The molecule has 1 aromatic carbocycles. The Morgan fingerprint density at radius 1 is 1.45 bits per heavy atom. The molecule has 112 valence electrons. The van der Waals surface area contributed by atoms with Crippen LogP contribution in [0, 0.1) is 11.8 Å². The average Bonchev–Trinajstić information content (AvgIpc) is 2.50. The highest BCUT2D eigenvalue weighted by molar-refractivity contribution is 6.32. The van der Waals surface area contributed by atoms with E-state index < -0.39 is 0 Å². The summed E-state index contributed by atoms with van der Waals surface area (Å²) >= 11 is 6.10. The number of nitrogens with two attached hydrogens (primary N) is 1. The summed E-state index contributed by atoms with van der Waals surface area (Å²) in [7, 11) is 1.64. The van der Waals surface area contributed by atoms with Crippen LogP contribution in [-0.4, -0.2) is 7.11 Å². The zero-order valence-electron chi connectivity index (χ0n) is 12.4. The lowest BCUT2D eigenvalue weighted by Crippen LogP contribution is -2.35. The quantitative estimate of drug-likeness (QED) is 0.636. The van der Waals surface area contributed by atoms with Crippen molar-refractivity contribution in [3.63, 3.8) is 0 Å². The van der Waals surface area contributed by atoms with Crippen molar-refractivity contribution < 1.29 is 4.74 Å². The first-order valence-electron chi connectivity index (χ1n) is 7.49. The topological polar surface area (TPSA) is 47.3 Å². The molecular weight excluding hydrogens is 272 g/mol. The SMILES string of the molecule is CCC1CCCC(C(NN)c2ccc(Cl)c(OC)c2)C1. The van der Waals surface area contributed by atoms with Crippen LogP contribution in [0.3, 0.4) is 0 Å². The van der Waals surface area contributed by atoms with Gasteiger partial charge in [0.1, 0.15) is 5.75 Å². The maximum Gasteiger partial charge on any atom is 0.137 e. The molecule has 0 aliphatic heterocycles. The Bertz CT molecular complexity index is 438. The van der Waals surface area contributed by atoms with E-state index in [4.69, 9.17) is 22.2 Å². The van der Waals surface area contributed by atoms with Gasteiger partial charge in [0.25, 0.3) is 0 Å². The lowest BCUT2D eigenvalue weighted by molar-refractivity contribution is 0.210. The summed E-state index contributed by atoms with van der Waals surface area (Å²) < 4.78 is 5.31. The molecule has 0 spiro atoms. The Morgan fingerprint density at radius 3 is 2.90 bits per heavy atom. The van der Waals surface area contributed by atoms with Gasteiger partial charge in [0, 0.05) is 6.04 Å². The van der Waals surface area contributed by atoms with Crippen molar-refractivity contribution in [2.45, 2.75) is 45.1 Å². The van der Waals surface area contributed by atoms with Gasteiger partial charge in [-0.15, -0.1) is 0 Å². The van der Waals surface area contributed by atoms with Gasteiger partial charge in [-0.3, -0.25) is 11.3 Å². The summed E-state index contributed by atoms with van der Waals surface area (Å²) in [5.41, 5.74) is 4.17. The van der Waals surface area contributed by atoms with E-state index in [0.717, 1.165) is 11.5 Å². The molecule has 0 aromatic heterocycles. The van der Waals surface area contributed by atoms with E-state index in [2.05, 4.69) is 12.3 Å². The Morgan fingerprint density at radius 2 is 2.25 bits per heavy atom. The Kier molecular flexibility index (Phi) is 5.70. The lowest BCUT2D eigenvalue weighted by atomic mass is 9.75. The third kappa shape index (κ3) is 3.46. The van der Waals surface area contributed by atoms with E-state index in [1.54, 1.807) is 7.11 Å². The van der Waals surface area contributed by atoms with Crippen molar-refractivity contribution in [2.75, 3.05) is 7.11 Å². The number of nitrogens with one attached hydrogen (secondary N) is 1. The molecule has 2 rings (SSSR count). The molecule has 3 nitrogen and oxygen atoms in total. The van der Waals surface area contributed by atoms with E-state index in [0.29, 0.717) is 16.7 Å². The van der Waals surface area contributed by atoms with Crippen LogP contribution in [-0.2, 0) is 0 Å². The van der Waals surface area contributed by atoms with E-state index in [1.807, 2.05) is 18.2 Å². The molecule has 3 atom stereocenters. The first-order valence-corrected chi connectivity index (χ1v) is 7.87. The number of hydrogen-bond acceptors (Lipinski definition) is 3. The van der Waals surface area contributed by atoms with Crippen LogP contribution in [0.5, 0.6) is 5.75 Å². The smallest absolute Gasteiger partial charge is 0.137 e. The molecule has 0 radical (unpaired) electrons. The molecule has 1 aromatic rings. The number of rotatable bonds is 5. The summed E-state index contributed by atoms with van der Waals surface area (Å²) in [5, 5.41) is 0.641. The highest BCUT2D eigenvalue weighted by Crippen LogP contribution is 2.39. The van der Waals surface area contributed by atoms with Gasteiger partial charge in [0.15, 0.2) is 0 Å². The molecular formula is C16H25ClN2O. The second-order valence-electron chi connectivity index (χ2n) is 5.74. The first kappa shape index (κ1) is 15.6. The first-order chi connectivity index (χ1) is 9.69. The molecule has 1 saturated carbocycles. The Balaban J connectivity index is 2.18. The largest absolute Gasteiger partial charge is 0.495 e. The zero-order chi connectivity index (χ0) is 14.5. The number of benzene rings is 1. The molecule has 4 heteroatoms. The molecule has 3 N–H and O–H groups in total. The van der Waals surface area contributed by atoms with Crippen LogP contribution >= 0.6 is 11.6 Å². The van der Waals surface area contributed by atoms with E-state index in [1.165, 1.54) is 32.1 Å². The molecule has 0 amide bonds. The van der Waals surface area contributed by atoms with Crippen LogP contribution in [0.2, 0.25) is 5.02 Å². The van der Waals surface area contributed by atoms with Crippen molar-refractivity contribution in [1.29, 1.82) is 0 Å². The molecule has 1 aliphatic carbocycles. The molecule has 1 fully saturated rings. The van der Waals surface area contributed by atoms with Gasteiger partial charge in [-0.2, -0.15) is 0 Å². The Labute approximate surface area is 126 Å². The molecule has 20 heavy (non-hydrogen) atoms. The standard InChI is InChI=1S/C16H25ClN2O/c1-3-11-5-4-6-12(9-11)16(19-18)13-7-8-14(17)15(10-13)20-2/h7-8,10-12,16,19H,3-6,9,18H2,1-2H3. The van der Waals surface area contributed by atoms with Crippen LogP contribution in [0.25, 0.3) is 0 Å². The second kappa shape index (κ2) is 7.30. The minimum absolute atomic E-state index is 0.176. The molecule has 0 bridgehead atoms. The Hall–Kier alpha value is -0.770. The van der Waals surface area contributed by atoms with E-state index in [-0.39, 0.29) is 6.04 Å². The highest BCUT2D eigenvalue weighted by atomic mass is 35.5. The summed E-state index contributed by atoms with van der Waals surface area (Å²) in [6.45, 7) is 2.28. The van der Waals surface area contributed by atoms with Crippen LogP contribution in [0.4, 0.5) is 0 Å². The fourth-order valence-electron chi connectivity index (χ4n) is 3.38. The maximum absolute atomic E-state index is 6.10. The van der Waals surface area contributed by atoms with Gasteiger partial charge < -0.3 is 4.74 Å². The third-order valence-corrected chi connectivity index (χ3v) is 4.90. The summed E-state index contributed by atoms with van der Waals surface area (Å²) in [5.74, 6) is 7.96. The van der Waals surface area contributed by atoms with Crippen LogP contribution in [0.15, 0.2) is 18.2 Å². The maximum atomic E-state index is 6.10. The zero-order valence-corrected chi connectivity index (χ0v) is 13.1. The number of halogens is 1. The number of ether oxygens (including phenoxy) is 1. The fraction of sp³-hybridized carbons (Fsp3) is 0.625. The summed E-state index contributed by atoms with van der Waals surface area (Å²) in [6.07, 6.45) is 6.39. The van der Waals surface area contributed by atoms with Gasteiger partial charge >= 0.3 is 0 Å². The predicted molar refractivity (Wildman–Crippen MR) is 83.8 cm³/mol. The summed E-state index contributed by atoms with van der Waals surface area (Å²) in [4.78, 5) is 0. The number of hydrazine groups is 1. The van der Waals surface area contributed by atoms with Gasteiger partial charge in [0.2, 0.25) is 0 Å². The van der Waals surface area contributed by atoms with Crippen molar-refractivity contribution >= 4 is 11.6 Å². The minimum atomic E-state index is 0.176. The highest BCUT2D eigenvalue weighted by Gasteiger charge is 2.28. The predicted octanol–water partition coefficient (Wildman–Crippen LogP) is 4.07. The molecule has 0 heterocycles. The van der Waals surface area contributed by atoms with Gasteiger partial charge in [-0.25, -0.2) is 0 Å². The van der Waals surface area contributed by atoms with Crippen molar-refractivity contribution in [3.05, 3.63) is 28.8 Å². The van der Waals surface area contributed by atoms with E-state index >= 15 is 0 Å². The van der Waals surface area contributed by atoms with Gasteiger partial charge in [0.05, 0.1) is 12.1 Å². The van der Waals surface area contributed by atoms with Crippen molar-refractivity contribution in [2.24, 2.45) is 17.7 Å². The van der Waals surface area contributed by atoms with Crippen molar-refractivity contribution in [3.8, 4) is 5.75 Å². The molecule has 1 aliphatic rings. The normalized spacial score (nSPS) is 24.4. The molecule has 0 saturated heterocycles.